The number of benzene rings is 1. The van der Waals surface area contributed by atoms with Crippen molar-refractivity contribution < 1.29 is 0 Å². The summed E-state index contributed by atoms with van der Waals surface area (Å²) < 4.78 is 1.05. The maximum Gasteiger partial charge on any atom is 0.126 e. The van der Waals surface area contributed by atoms with E-state index < -0.39 is 0 Å². The van der Waals surface area contributed by atoms with Gasteiger partial charge in [-0.2, -0.15) is 0 Å². The van der Waals surface area contributed by atoms with E-state index in [0.29, 0.717) is 5.92 Å². The van der Waals surface area contributed by atoms with E-state index in [1.54, 1.807) is 0 Å². The van der Waals surface area contributed by atoms with E-state index in [1.807, 2.05) is 19.1 Å². The molecule has 1 aromatic carbocycles. The number of nitrogens with one attached hydrogen (secondary N) is 1. The Balaban J connectivity index is 1.87. The minimum absolute atomic E-state index is 0.595. The van der Waals surface area contributed by atoms with Crippen molar-refractivity contribution in [3.05, 3.63) is 57.7 Å². The fourth-order valence-corrected chi connectivity index (χ4v) is 2.27. The van der Waals surface area contributed by atoms with Gasteiger partial charge in [-0.1, -0.05) is 38.1 Å². The van der Waals surface area contributed by atoms with Crippen molar-refractivity contribution in [2.45, 2.75) is 33.1 Å². The first kappa shape index (κ1) is 15.0. The molecular weight excluding hydrogens is 312 g/mol. The van der Waals surface area contributed by atoms with Gasteiger partial charge in [0.15, 0.2) is 0 Å². The van der Waals surface area contributed by atoms with Crippen LogP contribution in [0, 0.1) is 6.92 Å². The number of pyridine rings is 1. The number of hydrogen-bond acceptors (Lipinski definition) is 2. The van der Waals surface area contributed by atoms with Gasteiger partial charge in [-0.15, -0.1) is 0 Å². The number of hydrogen-bond donors (Lipinski definition) is 1. The van der Waals surface area contributed by atoms with E-state index in [0.717, 1.165) is 29.0 Å². The van der Waals surface area contributed by atoms with Crippen LogP contribution in [-0.4, -0.2) is 11.5 Å². The van der Waals surface area contributed by atoms with E-state index in [1.165, 1.54) is 11.1 Å². The maximum absolute atomic E-state index is 4.48. The Morgan fingerprint density at radius 3 is 2.40 bits per heavy atom. The summed E-state index contributed by atoms with van der Waals surface area (Å²) in [7, 11) is 0. The Labute approximate surface area is 129 Å². The highest BCUT2D eigenvalue weighted by Crippen LogP contribution is 2.17. The molecule has 3 heteroatoms. The number of aromatic nitrogens is 1. The molecule has 1 N–H and O–H groups in total. The molecule has 1 heterocycles. The Bertz CT molecular complexity index is 562. The standard InChI is InChI=1S/C17H21BrN2/c1-12(2)15-6-4-14(5-7-15)10-11-19-17-9-8-16(18)13(3)20-17/h4-9,12H,10-11H2,1-3H3,(H,19,20). The van der Waals surface area contributed by atoms with E-state index >= 15 is 0 Å². The normalized spacial score (nSPS) is 10.8. The van der Waals surface area contributed by atoms with E-state index in [4.69, 9.17) is 0 Å². The van der Waals surface area contributed by atoms with E-state index in [9.17, 15) is 0 Å². The van der Waals surface area contributed by atoms with Crippen molar-refractivity contribution in [2.75, 3.05) is 11.9 Å². The highest BCUT2D eigenvalue weighted by molar-refractivity contribution is 9.10. The molecule has 2 aromatic rings. The minimum Gasteiger partial charge on any atom is -0.370 e. The third kappa shape index (κ3) is 4.07. The summed E-state index contributed by atoms with van der Waals surface area (Å²) in [6.45, 7) is 7.34. The first-order valence-electron chi connectivity index (χ1n) is 7.02. The minimum atomic E-state index is 0.595. The van der Waals surface area contributed by atoms with Gasteiger partial charge >= 0.3 is 0 Å². The van der Waals surface area contributed by atoms with Crippen LogP contribution in [0.5, 0.6) is 0 Å². The molecule has 0 radical (unpaired) electrons. The van der Waals surface area contributed by atoms with Crippen LogP contribution in [0.3, 0.4) is 0 Å². The van der Waals surface area contributed by atoms with Crippen LogP contribution in [0.4, 0.5) is 5.82 Å². The SMILES string of the molecule is Cc1nc(NCCc2ccc(C(C)C)cc2)ccc1Br. The molecule has 0 unspecified atom stereocenters. The molecular formula is C17H21BrN2. The van der Waals surface area contributed by atoms with Crippen molar-refractivity contribution in [1.82, 2.24) is 4.98 Å². The molecule has 1 aromatic heterocycles. The predicted octanol–water partition coefficient (Wildman–Crippen LogP) is 4.93. The van der Waals surface area contributed by atoms with Gasteiger partial charge in [0, 0.05) is 11.0 Å². The average Bonchev–Trinajstić information content (AvgIpc) is 2.43. The van der Waals surface area contributed by atoms with Gasteiger partial charge in [-0.3, -0.25) is 0 Å². The fourth-order valence-electron chi connectivity index (χ4n) is 2.05. The number of halogens is 1. The highest BCUT2D eigenvalue weighted by atomic mass is 79.9. The van der Waals surface area contributed by atoms with E-state index in [2.05, 4.69) is 64.3 Å². The molecule has 0 bridgehead atoms. The van der Waals surface area contributed by atoms with Crippen LogP contribution in [0.1, 0.15) is 36.6 Å². The van der Waals surface area contributed by atoms with Gasteiger partial charge in [0.05, 0.1) is 5.69 Å². The zero-order valence-electron chi connectivity index (χ0n) is 12.3. The molecule has 0 spiro atoms. The summed E-state index contributed by atoms with van der Waals surface area (Å²) in [5.74, 6) is 1.53. The van der Waals surface area contributed by atoms with Crippen LogP contribution in [0.15, 0.2) is 40.9 Å². The molecule has 0 amide bonds. The molecule has 0 saturated carbocycles. The van der Waals surface area contributed by atoms with Gasteiger partial charge in [0.25, 0.3) is 0 Å². The summed E-state index contributed by atoms with van der Waals surface area (Å²) in [4.78, 5) is 4.48. The third-order valence-corrected chi connectivity index (χ3v) is 4.23. The summed E-state index contributed by atoms with van der Waals surface area (Å²) in [6.07, 6.45) is 1.01. The van der Waals surface area contributed by atoms with Crippen LogP contribution in [-0.2, 0) is 6.42 Å². The zero-order chi connectivity index (χ0) is 14.5. The Hall–Kier alpha value is -1.35. The van der Waals surface area contributed by atoms with Crippen LogP contribution >= 0.6 is 15.9 Å². The van der Waals surface area contributed by atoms with Gasteiger partial charge in [-0.25, -0.2) is 4.98 Å². The first-order valence-corrected chi connectivity index (χ1v) is 7.81. The summed E-state index contributed by atoms with van der Waals surface area (Å²) in [6, 6.07) is 12.9. The lowest BCUT2D eigenvalue weighted by Crippen LogP contribution is -2.06. The molecule has 0 atom stereocenters. The van der Waals surface area contributed by atoms with Gasteiger partial charge in [-0.05, 0) is 58.5 Å². The number of anilines is 1. The van der Waals surface area contributed by atoms with Crippen molar-refractivity contribution in [2.24, 2.45) is 0 Å². The fraction of sp³-hybridized carbons (Fsp3) is 0.353. The number of aryl methyl sites for hydroxylation is 1. The zero-order valence-corrected chi connectivity index (χ0v) is 13.9. The van der Waals surface area contributed by atoms with Crippen molar-refractivity contribution >= 4 is 21.7 Å². The average molecular weight is 333 g/mol. The third-order valence-electron chi connectivity index (χ3n) is 3.39. The molecule has 0 saturated heterocycles. The highest BCUT2D eigenvalue weighted by Gasteiger charge is 2.01. The lowest BCUT2D eigenvalue weighted by atomic mass is 10.0. The summed E-state index contributed by atoms with van der Waals surface area (Å²) in [5.41, 5.74) is 3.76. The Morgan fingerprint density at radius 2 is 1.80 bits per heavy atom. The molecule has 2 nitrogen and oxygen atoms in total. The smallest absolute Gasteiger partial charge is 0.126 e. The molecule has 0 fully saturated rings. The first-order chi connectivity index (χ1) is 9.56. The largest absolute Gasteiger partial charge is 0.370 e. The monoisotopic (exact) mass is 332 g/mol. The Morgan fingerprint density at radius 1 is 1.10 bits per heavy atom. The summed E-state index contributed by atoms with van der Waals surface area (Å²) >= 11 is 3.46. The van der Waals surface area contributed by atoms with Crippen molar-refractivity contribution in [3.8, 4) is 0 Å². The van der Waals surface area contributed by atoms with Crippen LogP contribution in [0.25, 0.3) is 0 Å². The lowest BCUT2D eigenvalue weighted by Gasteiger charge is -2.09. The van der Waals surface area contributed by atoms with Crippen LogP contribution < -0.4 is 5.32 Å². The van der Waals surface area contributed by atoms with E-state index in [-0.39, 0.29) is 0 Å². The number of rotatable bonds is 5. The molecule has 0 aliphatic heterocycles. The van der Waals surface area contributed by atoms with Crippen molar-refractivity contribution in [1.29, 1.82) is 0 Å². The molecule has 2 rings (SSSR count). The topological polar surface area (TPSA) is 24.9 Å². The summed E-state index contributed by atoms with van der Waals surface area (Å²) in [5, 5.41) is 3.37. The number of nitrogens with zero attached hydrogens (tertiary/aromatic N) is 1. The second kappa shape index (κ2) is 6.89. The Kier molecular flexibility index (Phi) is 5.18. The lowest BCUT2D eigenvalue weighted by molar-refractivity contribution is 0.864. The van der Waals surface area contributed by atoms with Gasteiger partial charge in [0.1, 0.15) is 5.82 Å². The quantitative estimate of drug-likeness (QED) is 0.839. The molecule has 20 heavy (non-hydrogen) atoms. The second-order valence-electron chi connectivity index (χ2n) is 5.34. The maximum atomic E-state index is 4.48. The van der Waals surface area contributed by atoms with Gasteiger partial charge in [0.2, 0.25) is 0 Å². The molecule has 0 aliphatic carbocycles. The molecule has 0 aliphatic rings. The predicted molar refractivity (Wildman–Crippen MR) is 89.4 cm³/mol. The van der Waals surface area contributed by atoms with Crippen LogP contribution in [0.2, 0.25) is 0 Å². The second-order valence-corrected chi connectivity index (χ2v) is 6.19. The van der Waals surface area contributed by atoms with Crippen molar-refractivity contribution in [3.63, 3.8) is 0 Å². The molecule has 106 valence electrons. The van der Waals surface area contributed by atoms with Gasteiger partial charge < -0.3 is 5.32 Å².